The smallest absolute Gasteiger partial charge is 0.229 e. The minimum atomic E-state index is -0.107. The fourth-order valence-electron chi connectivity index (χ4n) is 3.29. The van der Waals surface area contributed by atoms with Crippen molar-refractivity contribution in [3.63, 3.8) is 0 Å². The second-order valence-corrected chi connectivity index (χ2v) is 6.35. The summed E-state index contributed by atoms with van der Waals surface area (Å²) in [5.74, 6) is 0.538. The molecular formula is C22H19NO3. The van der Waals surface area contributed by atoms with E-state index in [1.807, 2.05) is 49.4 Å². The Hall–Kier alpha value is -3.27. The normalized spacial score (nSPS) is 11.0. The molecule has 4 heteroatoms. The fraction of sp³-hybridized carbons (Fsp3) is 0.136. The Morgan fingerprint density at radius 3 is 2.81 bits per heavy atom. The van der Waals surface area contributed by atoms with E-state index in [4.69, 9.17) is 9.15 Å². The number of carbonyl (C=O) groups excluding carboxylic acids is 1. The Balaban J connectivity index is 1.66. The molecule has 4 rings (SSSR count). The van der Waals surface area contributed by atoms with Crippen LogP contribution in [-0.2, 0) is 11.2 Å². The van der Waals surface area contributed by atoms with Crippen molar-refractivity contribution >= 4 is 33.3 Å². The first kappa shape index (κ1) is 16.2. The molecule has 0 unspecified atom stereocenters. The van der Waals surface area contributed by atoms with Crippen molar-refractivity contribution in [3.8, 4) is 5.75 Å². The number of ether oxygens (including phenoxy) is 1. The maximum absolute atomic E-state index is 12.6. The Morgan fingerprint density at radius 2 is 1.96 bits per heavy atom. The molecule has 3 aromatic carbocycles. The van der Waals surface area contributed by atoms with Crippen LogP contribution < -0.4 is 10.1 Å². The molecule has 130 valence electrons. The van der Waals surface area contributed by atoms with Crippen molar-refractivity contribution in [2.75, 3.05) is 12.4 Å². The zero-order valence-electron chi connectivity index (χ0n) is 14.7. The average Bonchev–Trinajstić information content (AvgIpc) is 3.05. The summed E-state index contributed by atoms with van der Waals surface area (Å²) in [6, 6.07) is 17.8. The van der Waals surface area contributed by atoms with E-state index in [1.54, 1.807) is 13.4 Å². The van der Waals surface area contributed by atoms with Gasteiger partial charge in [-0.2, -0.15) is 0 Å². The van der Waals surface area contributed by atoms with Crippen LogP contribution in [0.4, 0.5) is 5.69 Å². The van der Waals surface area contributed by atoms with Crippen molar-refractivity contribution in [2.24, 2.45) is 0 Å². The average molecular weight is 345 g/mol. The first-order valence-corrected chi connectivity index (χ1v) is 8.48. The van der Waals surface area contributed by atoms with Gasteiger partial charge in [0.15, 0.2) is 0 Å². The number of rotatable bonds is 4. The van der Waals surface area contributed by atoms with Crippen LogP contribution >= 0.6 is 0 Å². The summed E-state index contributed by atoms with van der Waals surface area (Å²) >= 11 is 0. The number of aryl methyl sites for hydroxylation is 1. The number of fused-ring (bicyclic) bond motifs is 3. The van der Waals surface area contributed by atoms with Crippen LogP contribution in [0.2, 0.25) is 0 Å². The van der Waals surface area contributed by atoms with Gasteiger partial charge in [0.25, 0.3) is 0 Å². The van der Waals surface area contributed by atoms with Crippen LogP contribution in [0.25, 0.3) is 21.7 Å². The van der Waals surface area contributed by atoms with Crippen molar-refractivity contribution in [1.82, 2.24) is 0 Å². The minimum Gasteiger partial charge on any atom is -0.495 e. The lowest BCUT2D eigenvalue weighted by Crippen LogP contribution is -2.15. The number of hydrogen-bond acceptors (Lipinski definition) is 3. The topological polar surface area (TPSA) is 51.5 Å². The number of furan rings is 1. The fourth-order valence-corrected chi connectivity index (χ4v) is 3.29. The number of anilines is 1. The molecule has 1 heterocycles. The van der Waals surface area contributed by atoms with E-state index < -0.39 is 0 Å². The highest BCUT2D eigenvalue weighted by atomic mass is 16.5. The Kier molecular flexibility index (Phi) is 4.09. The predicted octanol–water partition coefficient (Wildman–Crippen LogP) is 5.08. The number of methoxy groups -OCH3 is 1. The van der Waals surface area contributed by atoms with Gasteiger partial charge >= 0.3 is 0 Å². The summed E-state index contributed by atoms with van der Waals surface area (Å²) < 4.78 is 11.0. The van der Waals surface area contributed by atoms with Crippen LogP contribution in [0.5, 0.6) is 5.75 Å². The quantitative estimate of drug-likeness (QED) is 0.561. The summed E-state index contributed by atoms with van der Waals surface area (Å²) in [5.41, 5.74) is 3.40. The maximum atomic E-state index is 12.6. The van der Waals surface area contributed by atoms with Gasteiger partial charge in [0.1, 0.15) is 11.3 Å². The van der Waals surface area contributed by atoms with Gasteiger partial charge in [0.05, 0.1) is 25.5 Å². The monoisotopic (exact) mass is 345 g/mol. The van der Waals surface area contributed by atoms with E-state index in [-0.39, 0.29) is 12.3 Å². The van der Waals surface area contributed by atoms with Crippen molar-refractivity contribution < 1.29 is 13.9 Å². The summed E-state index contributed by atoms with van der Waals surface area (Å²) in [6.07, 6.45) is 1.91. The summed E-state index contributed by atoms with van der Waals surface area (Å²) in [4.78, 5) is 12.6. The highest BCUT2D eigenvalue weighted by Gasteiger charge is 2.14. The Labute approximate surface area is 151 Å². The molecule has 1 amide bonds. The predicted molar refractivity (Wildman–Crippen MR) is 104 cm³/mol. The molecule has 0 spiro atoms. The zero-order chi connectivity index (χ0) is 18.1. The van der Waals surface area contributed by atoms with Crippen LogP contribution in [0.3, 0.4) is 0 Å². The first-order valence-electron chi connectivity index (χ1n) is 8.48. The second kappa shape index (κ2) is 6.56. The van der Waals surface area contributed by atoms with E-state index in [2.05, 4.69) is 17.4 Å². The van der Waals surface area contributed by atoms with Crippen molar-refractivity contribution in [2.45, 2.75) is 13.3 Å². The molecule has 0 atom stereocenters. The molecule has 4 aromatic rings. The number of nitrogens with one attached hydrogen (secondary N) is 1. The van der Waals surface area contributed by atoms with Crippen LogP contribution in [-0.4, -0.2) is 13.0 Å². The summed E-state index contributed by atoms with van der Waals surface area (Å²) in [7, 11) is 1.59. The maximum Gasteiger partial charge on any atom is 0.229 e. The lowest BCUT2D eigenvalue weighted by molar-refractivity contribution is -0.115. The summed E-state index contributed by atoms with van der Waals surface area (Å²) in [6.45, 7) is 1.98. The van der Waals surface area contributed by atoms with Crippen LogP contribution in [0.1, 0.15) is 11.1 Å². The van der Waals surface area contributed by atoms with E-state index in [0.717, 1.165) is 32.9 Å². The van der Waals surface area contributed by atoms with Crippen LogP contribution in [0.15, 0.2) is 65.3 Å². The highest BCUT2D eigenvalue weighted by Crippen LogP contribution is 2.31. The molecule has 26 heavy (non-hydrogen) atoms. The van der Waals surface area contributed by atoms with Crippen molar-refractivity contribution in [3.05, 3.63) is 72.0 Å². The van der Waals surface area contributed by atoms with Gasteiger partial charge in [-0.05, 0) is 41.5 Å². The number of benzene rings is 3. The Morgan fingerprint density at radius 1 is 1.12 bits per heavy atom. The Bertz CT molecular complexity index is 1110. The molecule has 0 saturated carbocycles. The molecule has 0 aliphatic carbocycles. The molecule has 1 N–H and O–H groups in total. The van der Waals surface area contributed by atoms with E-state index in [0.29, 0.717) is 11.4 Å². The lowest BCUT2D eigenvalue weighted by atomic mass is 10.0. The lowest BCUT2D eigenvalue weighted by Gasteiger charge is -2.11. The number of hydrogen-bond donors (Lipinski definition) is 1. The van der Waals surface area contributed by atoms with Crippen molar-refractivity contribution in [1.29, 1.82) is 0 Å². The number of amides is 1. The summed E-state index contributed by atoms with van der Waals surface area (Å²) in [5, 5.41) is 6.16. The third-order valence-corrected chi connectivity index (χ3v) is 4.52. The van der Waals surface area contributed by atoms with E-state index in [9.17, 15) is 4.79 Å². The molecule has 0 fully saturated rings. The minimum absolute atomic E-state index is 0.107. The first-order chi connectivity index (χ1) is 12.7. The van der Waals surface area contributed by atoms with Gasteiger partial charge in [-0.3, -0.25) is 4.79 Å². The van der Waals surface area contributed by atoms with Gasteiger partial charge < -0.3 is 14.5 Å². The van der Waals surface area contributed by atoms with Gasteiger partial charge in [-0.25, -0.2) is 0 Å². The molecule has 4 nitrogen and oxygen atoms in total. The SMILES string of the molecule is COc1ccc(C)cc1NC(=O)Cc1coc2ccc3ccccc3c12. The molecule has 0 aliphatic rings. The molecule has 0 saturated heterocycles. The van der Waals surface area contributed by atoms with E-state index >= 15 is 0 Å². The molecular weight excluding hydrogens is 326 g/mol. The van der Waals surface area contributed by atoms with E-state index in [1.165, 1.54) is 0 Å². The van der Waals surface area contributed by atoms with Gasteiger partial charge in [-0.15, -0.1) is 0 Å². The molecule has 0 aliphatic heterocycles. The third kappa shape index (κ3) is 2.90. The van der Waals surface area contributed by atoms with Crippen LogP contribution in [0, 0.1) is 6.92 Å². The number of carbonyl (C=O) groups is 1. The van der Waals surface area contributed by atoms with Gasteiger partial charge in [0.2, 0.25) is 5.91 Å². The third-order valence-electron chi connectivity index (χ3n) is 4.52. The standard InChI is InChI=1S/C22H19NO3/c1-14-7-9-19(25-2)18(11-14)23-21(24)12-16-13-26-20-10-8-15-5-3-4-6-17(15)22(16)20/h3-11,13H,12H2,1-2H3,(H,23,24). The zero-order valence-corrected chi connectivity index (χ0v) is 14.7. The molecule has 0 bridgehead atoms. The molecule has 1 aromatic heterocycles. The largest absolute Gasteiger partial charge is 0.495 e. The highest BCUT2D eigenvalue weighted by molar-refractivity contribution is 6.09. The molecule has 0 radical (unpaired) electrons. The second-order valence-electron chi connectivity index (χ2n) is 6.35. The van der Waals surface area contributed by atoms with Gasteiger partial charge in [0, 0.05) is 10.9 Å². The van der Waals surface area contributed by atoms with Gasteiger partial charge in [-0.1, -0.05) is 36.4 Å².